The van der Waals surface area contributed by atoms with Gasteiger partial charge in [0, 0.05) is 12.4 Å². The Balaban J connectivity index is 2.86. The molecule has 0 saturated carbocycles. The molecule has 1 aromatic heterocycles. The van der Waals surface area contributed by atoms with Crippen molar-refractivity contribution in [2.24, 2.45) is 0 Å². The number of rotatable bonds is 2. The summed E-state index contributed by atoms with van der Waals surface area (Å²) in [5.74, 6) is -0.416. The number of carbonyl (C=O) groups excluding carboxylic acids is 1. The zero-order valence-electron chi connectivity index (χ0n) is 6.78. The van der Waals surface area contributed by atoms with E-state index in [1.807, 2.05) is 0 Å². The van der Waals surface area contributed by atoms with E-state index in [0.717, 1.165) is 5.56 Å². The summed E-state index contributed by atoms with van der Waals surface area (Å²) >= 11 is 0. The molecule has 0 aromatic carbocycles. The minimum Gasteiger partial charge on any atom is -0.465 e. The zero-order valence-corrected chi connectivity index (χ0v) is 6.78. The van der Waals surface area contributed by atoms with Crippen molar-refractivity contribution in [3.8, 4) is 0 Å². The fourth-order valence-corrected chi connectivity index (χ4v) is 0.794. The van der Waals surface area contributed by atoms with Crippen LogP contribution in [0.1, 0.15) is 5.56 Å². The molecule has 62 valence electrons. The summed E-state index contributed by atoms with van der Waals surface area (Å²) in [4.78, 5) is 14.8. The number of ether oxygens (including phenoxy) is 1. The fourth-order valence-electron chi connectivity index (χ4n) is 0.794. The van der Waals surface area contributed by atoms with Gasteiger partial charge in [0.15, 0.2) is 0 Å². The van der Waals surface area contributed by atoms with Crippen LogP contribution in [0, 0.1) is 0 Å². The number of pyridine rings is 1. The van der Waals surface area contributed by atoms with Crippen LogP contribution in [0.15, 0.2) is 31.1 Å². The predicted molar refractivity (Wildman–Crippen MR) is 45.3 cm³/mol. The molecule has 0 aliphatic heterocycles. The van der Waals surface area contributed by atoms with Crippen molar-refractivity contribution in [1.29, 1.82) is 0 Å². The molecule has 0 amide bonds. The Kier molecular flexibility index (Phi) is 2.58. The molecule has 0 N–H and O–H groups in total. The number of methoxy groups -OCH3 is 1. The van der Waals surface area contributed by atoms with Gasteiger partial charge in [0.25, 0.3) is 0 Å². The zero-order chi connectivity index (χ0) is 8.97. The second-order valence-electron chi connectivity index (χ2n) is 2.21. The van der Waals surface area contributed by atoms with Crippen LogP contribution in [-0.2, 0) is 9.53 Å². The van der Waals surface area contributed by atoms with Crippen LogP contribution in [0.2, 0.25) is 0 Å². The lowest BCUT2D eigenvalue weighted by Crippen LogP contribution is -2.02. The van der Waals surface area contributed by atoms with E-state index in [0.29, 0.717) is 5.57 Å². The van der Waals surface area contributed by atoms with Gasteiger partial charge in [-0.3, -0.25) is 4.98 Å². The van der Waals surface area contributed by atoms with Crippen molar-refractivity contribution in [2.45, 2.75) is 0 Å². The van der Waals surface area contributed by atoms with E-state index in [1.165, 1.54) is 7.11 Å². The number of hydrogen-bond acceptors (Lipinski definition) is 3. The Hall–Kier alpha value is -1.64. The lowest BCUT2D eigenvalue weighted by atomic mass is 10.1. The van der Waals surface area contributed by atoms with Gasteiger partial charge in [-0.05, 0) is 17.7 Å². The van der Waals surface area contributed by atoms with Gasteiger partial charge in [-0.15, -0.1) is 0 Å². The molecule has 1 heterocycles. The van der Waals surface area contributed by atoms with Gasteiger partial charge >= 0.3 is 5.97 Å². The Labute approximate surface area is 70.7 Å². The summed E-state index contributed by atoms with van der Waals surface area (Å²) in [5, 5.41) is 0. The van der Waals surface area contributed by atoms with Crippen LogP contribution in [0.25, 0.3) is 5.57 Å². The fraction of sp³-hybridized carbons (Fsp3) is 0.111. The smallest absolute Gasteiger partial charge is 0.337 e. The second kappa shape index (κ2) is 3.67. The topological polar surface area (TPSA) is 39.2 Å². The van der Waals surface area contributed by atoms with E-state index in [2.05, 4.69) is 16.3 Å². The molecule has 0 saturated heterocycles. The maximum atomic E-state index is 11.0. The van der Waals surface area contributed by atoms with Crippen LogP contribution in [-0.4, -0.2) is 18.1 Å². The van der Waals surface area contributed by atoms with E-state index in [9.17, 15) is 4.79 Å². The summed E-state index contributed by atoms with van der Waals surface area (Å²) < 4.78 is 4.51. The molecule has 0 aliphatic rings. The highest BCUT2D eigenvalue weighted by atomic mass is 16.5. The summed E-state index contributed by atoms with van der Waals surface area (Å²) in [6.45, 7) is 3.59. The molecular formula is C9H9NO2. The van der Waals surface area contributed by atoms with Gasteiger partial charge in [-0.1, -0.05) is 6.58 Å². The molecule has 0 atom stereocenters. The van der Waals surface area contributed by atoms with Gasteiger partial charge in [-0.25, -0.2) is 4.79 Å². The van der Waals surface area contributed by atoms with Crippen molar-refractivity contribution in [3.63, 3.8) is 0 Å². The van der Waals surface area contributed by atoms with E-state index in [-0.39, 0.29) is 0 Å². The normalized spacial score (nSPS) is 9.08. The molecule has 0 aliphatic carbocycles. The Bertz CT molecular complexity index is 293. The number of carbonyl (C=O) groups is 1. The first-order valence-corrected chi connectivity index (χ1v) is 3.43. The summed E-state index contributed by atoms with van der Waals surface area (Å²) in [7, 11) is 1.33. The molecular weight excluding hydrogens is 154 g/mol. The molecule has 12 heavy (non-hydrogen) atoms. The minimum atomic E-state index is -0.416. The third-order valence-corrected chi connectivity index (χ3v) is 1.46. The standard InChI is InChI=1S/C9H9NO2/c1-7(9(11)12-2)8-3-5-10-6-4-8/h3-6H,1H2,2H3. The molecule has 0 bridgehead atoms. The van der Waals surface area contributed by atoms with Gasteiger partial charge in [0.2, 0.25) is 0 Å². The molecule has 1 rings (SSSR count). The highest BCUT2D eigenvalue weighted by Crippen LogP contribution is 2.11. The van der Waals surface area contributed by atoms with Crippen molar-refractivity contribution < 1.29 is 9.53 Å². The van der Waals surface area contributed by atoms with Crippen LogP contribution in [0.5, 0.6) is 0 Å². The molecule has 3 nitrogen and oxygen atoms in total. The van der Waals surface area contributed by atoms with Gasteiger partial charge in [-0.2, -0.15) is 0 Å². The lowest BCUT2D eigenvalue weighted by molar-refractivity contribution is -0.133. The third-order valence-electron chi connectivity index (χ3n) is 1.46. The first-order chi connectivity index (χ1) is 5.75. The number of aromatic nitrogens is 1. The summed E-state index contributed by atoms with van der Waals surface area (Å²) in [6, 6.07) is 3.42. The monoisotopic (exact) mass is 163 g/mol. The minimum absolute atomic E-state index is 0.347. The maximum Gasteiger partial charge on any atom is 0.337 e. The third kappa shape index (κ3) is 1.69. The van der Waals surface area contributed by atoms with Gasteiger partial charge < -0.3 is 4.74 Å². The average molecular weight is 163 g/mol. The number of nitrogens with zero attached hydrogens (tertiary/aromatic N) is 1. The molecule has 0 fully saturated rings. The van der Waals surface area contributed by atoms with E-state index >= 15 is 0 Å². The Morgan fingerprint density at radius 1 is 1.50 bits per heavy atom. The first-order valence-electron chi connectivity index (χ1n) is 3.43. The molecule has 1 aromatic rings. The van der Waals surface area contributed by atoms with Crippen LogP contribution in [0.4, 0.5) is 0 Å². The predicted octanol–water partition coefficient (Wildman–Crippen LogP) is 1.27. The van der Waals surface area contributed by atoms with E-state index in [1.54, 1.807) is 24.5 Å². The SMILES string of the molecule is C=C(C(=O)OC)c1ccncc1. The number of hydrogen-bond donors (Lipinski definition) is 0. The van der Waals surface area contributed by atoms with Crippen LogP contribution in [0.3, 0.4) is 0 Å². The largest absolute Gasteiger partial charge is 0.465 e. The second-order valence-corrected chi connectivity index (χ2v) is 2.21. The van der Waals surface area contributed by atoms with Crippen LogP contribution >= 0.6 is 0 Å². The van der Waals surface area contributed by atoms with E-state index < -0.39 is 5.97 Å². The Morgan fingerprint density at radius 2 is 2.08 bits per heavy atom. The molecule has 0 spiro atoms. The maximum absolute atomic E-state index is 11.0. The van der Waals surface area contributed by atoms with Gasteiger partial charge in [0.1, 0.15) is 0 Å². The molecule has 0 unspecified atom stereocenters. The van der Waals surface area contributed by atoms with Crippen molar-refractivity contribution in [1.82, 2.24) is 4.98 Å². The first kappa shape index (κ1) is 8.46. The van der Waals surface area contributed by atoms with Crippen molar-refractivity contribution in [2.75, 3.05) is 7.11 Å². The lowest BCUT2D eigenvalue weighted by Gasteiger charge is -2.01. The average Bonchev–Trinajstić information content (AvgIpc) is 2.17. The van der Waals surface area contributed by atoms with Gasteiger partial charge in [0.05, 0.1) is 12.7 Å². The molecule has 3 heteroatoms. The highest BCUT2D eigenvalue weighted by Gasteiger charge is 2.07. The summed E-state index contributed by atoms with van der Waals surface area (Å²) in [6.07, 6.45) is 3.20. The van der Waals surface area contributed by atoms with Crippen molar-refractivity contribution >= 4 is 11.5 Å². The van der Waals surface area contributed by atoms with Crippen molar-refractivity contribution in [3.05, 3.63) is 36.7 Å². The molecule has 0 radical (unpaired) electrons. The Morgan fingerprint density at radius 3 is 2.58 bits per heavy atom. The quantitative estimate of drug-likeness (QED) is 0.486. The highest BCUT2D eigenvalue weighted by molar-refractivity contribution is 6.15. The number of esters is 1. The van der Waals surface area contributed by atoms with Crippen LogP contribution < -0.4 is 0 Å². The van der Waals surface area contributed by atoms with E-state index in [4.69, 9.17) is 0 Å². The summed E-state index contributed by atoms with van der Waals surface area (Å²) in [5.41, 5.74) is 1.08.